The van der Waals surface area contributed by atoms with Gasteiger partial charge in [0.1, 0.15) is 18.3 Å². The highest BCUT2D eigenvalue weighted by Gasteiger charge is 2.48. The minimum Gasteiger partial charge on any atom is -0.493 e. The molecule has 3 heterocycles. The van der Waals surface area contributed by atoms with E-state index in [4.69, 9.17) is 28.4 Å². The lowest BCUT2D eigenvalue weighted by molar-refractivity contribution is -0.00370. The van der Waals surface area contributed by atoms with Gasteiger partial charge in [0.2, 0.25) is 12.5 Å². The Kier molecular flexibility index (Phi) is 7.12. The van der Waals surface area contributed by atoms with E-state index in [1.54, 1.807) is 13.2 Å². The van der Waals surface area contributed by atoms with E-state index in [9.17, 15) is 9.90 Å². The Morgan fingerprint density at radius 3 is 2.63 bits per heavy atom. The fraction of sp³-hybridized carbons (Fsp3) is 0.344. The summed E-state index contributed by atoms with van der Waals surface area (Å²) in [6.45, 7) is 2.43. The second-order valence-electron chi connectivity index (χ2n) is 10.0. The Morgan fingerprint density at radius 2 is 1.90 bits per heavy atom. The summed E-state index contributed by atoms with van der Waals surface area (Å²) in [7, 11) is 4.63. The first-order chi connectivity index (χ1) is 20.0. The van der Waals surface area contributed by atoms with Crippen molar-refractivity contribution in [3.05, 3.63) is 75.8 Å². The zero-order valence-electron chi connectivity index (χ0n) is 23.4. The number of esters is 1. The first-order valence-electron chi connectivity index (χ1n) is 13.4. The van der Waals surface area contributed by atoms with Crippen molar-refractivity contribution in [3.8, 4) is 40.6 Å². The number of ether oxygens (including phenoxy) is 6. The summed E-state index contributed by atoms with van der Waals surface area (Å²) in [5, 5.41) is 9.67. The van der Waals surface area contributed by atoms with Crippen LogP contribution in [-0.4, -0.2) is 57.2 Å². The Bertz CT molecular complexity index is 1570. The number of aliphatic hydroxyl groups excluding tert-OH is 1. The lowest BCUT2D eigenvalue weighted by Crippen LogP contribution is -2.41. The molecule has 3 atom stereocenters. The van der Waals surface area contributed by atoms with Crippen molar-refractivity contribution in [1.29, 1.82) is 0 Å². The van der Waals surface area contributed by atoms with Crippen LogP contribution in [0.25, 0.3) is 0 Å². The highest BCUT2D eigenvalue weighted by Crippen LogP contribution is 2.56. The van der Waals surface area contributed by atoms with Gasteiger partial charge in [0, 0.05) is 17.7 Å². The average Bonchev–Trinajstić information content (AvgIpc) is 3.59. The monoisotopic (exact) mass is 557 g/mol. The summed E-state index contributed by atoms with van der Waals surface area (Å²) in [4.78, 5) is 15.7. The quantitative estimate of drug-likeness (QED) is 0.352. The van der Waals surface area contributed by atoms with Gasteiger partial charge in [-0.25, -0.2) is 4.79 Å². The number of cyclic esters (lactones) is 1. The summed E-state index contributed by atoms with van der Waals surface area (Å²) in [6.07, 6.45) is -0.0598. The number of methoxy groups -OCH3 is 3. The minimum absolute atomic E-state index is 0.0924. The molecule has 1 N–H and O–H groups in total. The average molecular weight is 558 g/mol. The van der Waals surface area contributed by atoms with Crippen molar-refractivity contribution in [2.24, 2.45) is 0 Å². The van der Waals surface area contributed by atoms with Gasteiger partial charge in [0.05, 0.1) is 33.4 Å². The number of carbonyl (C=O) groups is 1. The third-order valence-electron chi connectivity index (χ3n) is 7.86. The number of aliphatic hydroxyl groups is 1. The summed E-state index contributed by atoms with van der Waals surface area (Å²) in [6, 6.07) is 12.8. The molecule has 0 saturated carbocycles. The van der Waals surface area contributed by atoms with Gasteiger partial charge in [0.25, 0.3) is 0 Å². The van der Waals surface area contributed by atoms with Crippen molar-refractivity contribution < 1.29 is 38.3 Å². The molecule has 3 aromatic carbocycles. The molecule has 0 aromatic heterocycles. The normalized spacial score (nSPS) is 19.4. The highest BCUT2D eigenvalue weighted by atomic mass is 16.7. The smallest absolute Gasteiger partial charge is 0.343 e. The molecular formula is C32H31NO8. The van der Waals surface area contributed by atoms with Crippen LogP contribution in [0, 0.1) is 18.8 Å². The van der Waals surface area contributed by atoms with E-state index in [1.807, 2.05) is 37.3 Å². The van der Waals surface area contributed by atoms with Crippen LogP contribution in [0.4, 0.5) is 0 Å². The fourth-order valence-electron chi connectivity index (χ4n) is 6.18. The lowest BCUT2D eigenvalue weighted by atomic mass is 9.83. The molecular weight excluding hydrogens is 526 g/mol. The van der Waals surface area contributed by atoms with E-state index in [2.05, 4.69) is 22.8 Å². The molecule has 3 aliphatic heterocycles. The molecule has 41 heavy (non-hydrogen) atoms. The van der Waals surface area contributed by atoms with Crippen molar-refractivity contribution in [2.75, 3.05) is 41.3 Å². The molecule has 0 aliphatic carbocycles. The van der Waals surface area contributed by atoms with Gasteiger partial charge in [0.15, 0.2) is 23.0 Å². The zero-order chi connectivity index (χ0) is 28.7. The van der Waals surface area contributed by atoms with Crippen LogP contribution in [0.15, 0.2) is 42.5 Å². The molecule has 0 fully saturated rings. The Balaban J connectivity index is 1.59. The molecule has 0 bridgehead atoms. The predicted octanol–water partition coefficient (Wildman–Crippen LogP) is 4.30. The van der Waals surface area contributed by atoms with Crippen LogP contribution in [0.3, 0.4) is 0 Å². The summed E-state index contributed by atoms with van der Waals surface area (Å²) < 4.78 is 34.8. The van der Waals surface area contributed by atoms with Crippen molar-refractivity contribution in [3.63, 3.8) is 0 Å². The van der Waals surface area contributed by atoms with Crippen LogP contribution in [0.1, 0.15) is 56.4 Å². The number of fused-ring (bicyclic) bond motifs is 3. The first-order valence-corrected chi connectivity index (χ1v) is 13.4. The molecule has 3 aliphatic rings. The molecule has 0 saturated heterocycles. The zero-order valence-corrected chi connectivity index (χ0v) is 23.4. The molecule has 212 valence electrons. The van der Waals surface area contributed by atoms with Crippen molar-refractivity contribution in [1.82, 2.24) is 4.90 Å². The number of rotatable bonds is 6. The molecule has 9 heteroatoms. The van der Waals surface area contributed by atoms with Crippen LogP contribution in [0.5, 0.6) is 28.7 Å². The van der Waals surface area contributed by atoms with Crippen molar-refractivity contribution >= 4 is 5.97 Å². The van der Waals surface area contributed by atoms with Crippen molar-refractivity contribution in [2.45, 2.75) is 31.5 Å². The Labute approximate surface area is 238 Å². The lowest BCUT2D eigenvalue weighted by Gasteiger charge is -2.43. The van der Waals surface area contributed by atoms with E-state index in [0.29, 0.717) is 52.8 Å². The molecule has 1 unspecified atom stereocenters. The maximum absolute atomic E-state index is 13.5. The minimum atomic E-state index is -0.728. The fourth-order valence-corrected chi connectivity index (χ4v) is 6.18. The Hall–Kier alpha value is -4.39. The third-order valence-corrected chi connectivity index (χ3v) is 7.86. The van der Waals surface area contributed by atoms with Crippen LogP contribution in [-0.2, 0) is 11.2 Å². The van der Waals surface area contributed by atoms with Gasteiger partial charge >= 0.3 is 5.97 Å². The molecule has 6 rings (SSSR count). The van der Waals surface area contributed by atoms with Crippen LogP contribution in [0.2, 0.25) is 0 Å². The molecule has 9 nitrogen and oxygen atoms in total. The molecule has 0 amide bonds. The van der Waals surface area contributed by atoms with Gasteiger partial charge < -0.3 is 33.5 Å². The highest BCUT2D eigenvalue weighted by molar-refractivity contribution is 5.98. The number of aryl methyl sites for hydroxylation is 1. The topological polar surface area (TPSA) is 95.9 Å². The molecule has 3 aromatic rings. The predicted molar refractivity (Wildman–Crippen MR) is 149 cm³/mol. The number of carbonyl (C=O) groups excluding carboxylic acids is 1. The van der Waals surface area contributed by atoms with Crippen LogP contribution < -0.4 is 23.7 Å². The maximum Gasteiger partial charge on any atom is 0.343 e. The van der Waals surface area contributed by atoms with E-state index >= 15 is 0 Å². The van der Waals surface area contributed by atoms with Gasteiger partial charge in [-0.2, -0.15) is 0 Å². The first kappa shape index (κ1) is 26.8. The van der Waals surface area contributed by atoms with Gasteiger partial charge in [-0.15, -0.1) is 0 Å². The standard InChI is InChI=1S/C32H31NO8/c1-18-7-5-8-19(15-18)22(9-6-14-34)33-13-12-20-16-24-30(40-17-39-24)31(38-4)25(20)27(33)28-21-10-11-23(36-2)29(37-3)26(21)32(35)41-28/h5,7-8,10-11,15-16,22,27-28,34H,12-14,17H2,1-4H3/t22?,27-,28+/m0/s1. The second-order valence-corrected chi connectivity index (χ2v) is 10.0. The van der Waals surface area contributed by atoms with Gasteiger partial charge in [-0.1, -0.05) is 47.7 Å². The number of hydrogen-bond acceptors (Lipinski definition) is 9. The third kappa shape index (κ3) is 4.40. The number of hydrogen-bond donors (Lipinski definition) is 1. The molecule has 0 spiro atoms. The van der Waals surface area contributed by atoms with E-state index < -0.39 is 24.2 Å². The SMILES string of the molecule is COc1ccc2c(c1OC)C(=O)O[C@H]2[C@@H]1c2c(cc3c(c2OC)OCO3)CCN1C(C#CCO)c1cccc(C)c1. The van der Waals surface area contributed by atoms with E-state index in [-0.39, 0.29) is 13.4 Å². The second kappa shape index (κ2) is 10.9. The summed E-state index contributed by atoms with van der Waals surface area (Å²) >= 11 is 0. The molecule has 0 radical (unpaired) electrons. The van der Waals surface area contributed by atoms with Gasteiger partial charge in [-0.05, 0) is 36.6 Å². The van der Waals surface area contributed by atoms with Crippen LogP contribution >= 0.6 is 0 Å². The largest absolute Gasteiger partial charge is 0.493 e. The van der Waals surface area contributed by atoms with Gasteiger partial charge in [-0.3, -0.25) is 4.90 Å². The van der Waals surface area contributed by atoms with E-state index in [1.165, 1.54) is 14.2 Å². The number of nitrogens with zero attached hydrogens (tertiary/aromatic N) is 1. The maximum atomic E-state index is 13.5. The number of benzene rings is 3. The summed E-state index contributed by atoms with van der Waals surface area (Å²) in [5.41, 5.74) is 4.91. The van der Waals surface area contributed by atoms with E-state index in [0.717, 1.165) is 22.3 Å². The summed E-state index contributed by atoms with van der Waals surface area (Å²) in [5.74, 6) is 8.10. The Morgan fingerprint density at radius 1 is 1.07 bits per heavy atom.